The Hall–Kier alpha value is -4.59. The number of aromatic nitrogens is 2. The highest BCUT2D eigenvalue weighted by molar-refractivity contribution is 8.00. The number of benzene rings is 4. The third kappa shape index (κ3) is 6.28. The van der Waals surface area contributed by atoms with E-state index >= 15 is 0 Å². The third-order valence-corrected chi connectivity index (χ3v) is 8.24. The number of carbonyl (C=O) groups excluding carboxylic acids is 1. The number of aryl methyl sites for hydroxylation is 1. The van der Waals surface area contributed by atoms with Gasteiger partial charge in [0.15, 0.2) is 0 Å². The molecule has 8 heteroatoms. The lowest BCUT2D eigenvalue weighted by Crippen LogP contribution is -2.21. The summed E-state index contributed by atoms with van der Waals surface area (Å²) >= 11 is 8.24. The third-order valence-electron chi connectivity index (χ3n) is 6.92. The van der Waals surface area contributed by atoms with Gasteiger partial charge in [-0.1, -0.05) is 65.7 Å². The van der Waals surface area contributed by atoms with Crippen molar-refractivity contribution in [3.63, 3.8) is 0 Å². The first-order valence-corrected chi connectivity index (χ1v) is 15.3. The van der Waals surface area contributed by atoms with Gasteiger partial charge in [0.1, 0.15) is 11.4 Å². The molecule has 0 saturated carbocycles. The van der Waals surface area contributed by atoms with Crippen molar-refractivity contribution in [3.8, 4) is 22.7 Å². The normalized spacial score (nSPS) is 13.9. The number of hydrogen-bond acceptors (Lipinski definition) is 5. The van der Waals surface area contributed by atoms with Gasteiger partial charge in [-0.25, -0.2) is 4.68 Å². The summed E-state index contributed by atoms with van der Waals surface area (Å²) in [7, 11) is 0. The smallest absolute Gasteiger partial charge is 0.280 e. The molecule has 43 heavy (non-hydrogen) atoms. The molecule has 0 bridgehead atoms. The summed E-state index contributed by atoms with van der Waals surface area (Å²) in [5.74, 6) is 0.956. The highest BCUT2D eigenvalue weighted by atomic mass is 35.5. The molecule has 1 aromatic heterocycles. The fourth-order valence-corrected chi connectivity index (χ4v) is 5.83. The number of hydrazone groups is 1. The maximum atomic E-state index is 13.9. The Morgan fingerprint density at radius 2 is 1.60 bits per heavy atom. The SMILES string of the molecule is CCOc1ccc(-c2nn(-c3ccccc3)cc2/C=C2\C(=O)N(c3ccccc3)N=C2CSc2ccc(C)cc2)cc1Cl. The number of amides is 1. The fourth-order valence-electron chi connectivity index (χ4n) is 4.75. The van der Waals surface area contributed by atoms with Gasteiger partial charge in [0.2, 0.25) is 0 Å². The van der Waals surface area contributed by atoms with Gasteiger partial charge in [0, 0.05) is 28.0 Å². The molecule has 5 aromatic rings. The number of para-hydroxylation sites is 2. The van der Waals surface area contributed by atoms with Crippen LogP contribution in [0.15, 0.2) is 125 Å². The molecule has 0 aliphatic carbocycles. The molecule has 0 radical (unpaired) electrons. The molecule has 0 N–H and O–H groups in total. The van der Waals surface area contributed by atoms with Crippen molar-refractivity contribution < 1.29 is 9.53 Å². The van der Waals surface area contributed by atoms with Crippen molar-refractivity contribution in [3.05, 3.63) is 131 Å². The van der Waals surface area contributed by atoms with E-state index < -0.39 is 0 Å². The number of nitrogens with zero attached hydrogens (tertiary/aromatic N) is 4. The fraction of sp³-hybridized carbons (Fsp3) is 0.114. The number of hydrogen-bond donors (Lipinski definition) is 0. The van der Waals surface area contributed by atoms with E-state index in [9.17, 15) is 4.79 Å². The van der Waals surface area contributed by atoms with Gasteiger partial charge in [-0.15, -0.1) is 11.8 Å². The second kappa shape index (κ2) is 12.7. The Labute approximate surface area is 260 Å². The summed E-state index contributed by atoms with van der Waals surface area (Å²) in [6.45, 7) is 4.50. The Bertz CT molecular complexity index is 1820. The van der Waals surface area contributed by atoms with Crippen LogP contribution >= 0.6 is 23.4 Å². The Kier molecular flexibility index (Phi) is 8.45. The summed E-state index contributed by atoms with van der Waals surface area (Å²) in [4.78, 5) is 15.1. The van der Waals surface area contributed by atoms with Crippen molar-refractivity contribution in [2.45, 2.75) is 18.7 Å². The Balaban J connectivity index is 1.44. The van der Waals surface area contributed by atoms with Crippen LogP contribution < -0.4 is 9.75 Å². The zero-order valence-electron chi connectivity index (χ0n) is 23.8. The van der Waals surface area contributed by atoms with Crippen LogP contribution in [0.4, 0.5) is 5.69 Å². The average Bonchev–Trinajstić information content (AvgIpc) is 3.60. The van der Waals surface area contributed by atoms with Crippen LogP contribution in [0.2, 0.25) is 5.02 Å². The molecule has 0 spiro atoms. The van der Waals surface area contributed by atoms with Crippen molar-refractivity contribution >= 4 is 46.7 Å². The lowest BCUT2D eigenvalue weighted by Gasteiger charge is -2.11. The highest BCUT2D eigenvalue weighted by Crippen LogP contribution is 2.34. The van der Waals surface area contributed by atoms with Crippen LogP contribution in [-0.2, 0) is 4.79 Å². The van der Waals surface area contributed by atoms with Gasteiger partial charge in [0.25, 0.3) is 5.91 Å². The number of rotatable bonds is 9. The average molecular weight is 605 g/mol. The van der Waals surface area contributed by atoms with Gasteiger partial charge in [-0.05, 0) is 74.5 Å². The minimum Gasteiger partial charge on any atom is -0.492 e. The van der Waals surface area contributed by atoms with E-state index in [4.69, 9.17) is 26.5 Å². The van der Waals surface area contributed by atoms with Gasteiger partial charge in [0.05, 0.1) is 34.3 Å². The minimum atomic E-state index is -0.186. The molecule has 0 saturated heterocycles. The van der Waals surface area contributed by atoms with Crippen LogP contribution in [0.1, 0.15) is 18.1 Å². The van der Waals surface area contributed by atoms with E-state index in [0.717, 1.165) is 21.7 Å². The summed E-state index contributed by atoms with van der Waals surface area (Å²) < 4.78 is 7.47. The second-order valence-electron chi connectivity index (χ2n) is 9.95. The zero-order chi connectivity index (χ0) is 29.8. The van der Waals surface area contributed by atoms with E-state index in [0.29, 0.717) is 45.8 Å². The molecule has 6 nitrogen and oxygen atoms in total. The Morgan fingerprint density at radius 3 is 2.28 bits per heavy atom. The standard InChI is InChI=1S/C35H29ClN4O2S/c1-3-42-33-19-16-25(21-31(33)36)34-26(22-39(38-34)27-10-6-4-7-11-27)20-30-32(23-43-29-17-14-24(2)15-18-29)37-40(35(30)41)28-12-8-5-9-13-28/h4-22H,3,23H2,1-2H3/b30-20-. The summed E-state index contributed by atoms with van der Waals surface area (Å²) in [6, 6.07) is 33.4. The molecule has 0 atom stereocenters. The molecule has 1 aliphatic rings. The highest BCUT2D eigenvalue weighted by Gasteiger charge is 2.31. The predicted octanol–water partition coefficient (Wildman–Crippen LogP) is 8.48. The van der Waals surface area contributed by atoms with Crippen LogP contribution in [0.3, 0.4) is 0 Å². The largest absolute Gasteiger partial charge is 0.492 e. The van der Waals surface area contributed by atoms with Gasteiger partial charge < -0.3 is 4.74 Å². The molecule has 2 heterocycles. The molecule has 4 aromatic carbocycles. The number of anilines is 1. The van der Waals surface area contributed by atoms with Crippen LogP contribution in [0.5, 0.6) is 5.75 Å². The number of thioether (sulfide) groups is 1. The van der Waals surface area contributed by atoms with E-state index in [1.165, 1.54) is 10.6 Å². The quantitative estimate of drug-likeness (QED) is 0.125. The first-order chi connectivity index (χ1) is 21.0. The van der Waals surface area contributed by atoms with Gasteiger partial charge in [-0.2, -0.15) is 15.2 Å². The molecule has 1 aliphatic heterocycles. The summed E-state index contributed by atoms with van der Waals surface area (Å²) in [6.07, 6.45) is 3.83. The Morgan fingerprint density at radius 1 is 0.907 bits per heavy atom. The van der Waals surface area contributed by atoms with Gasteiger partial charge in [-0.3, -0.25) is 4.79 Å². The number of halogens is 1. The zero-order valence-corrected chi connectivity index (χ0v) is 25.3. The van der Waals surface area contributed by atoms with E-state index in [2.05, 4.69) is 31.2 Å². The van der Waals surface area contributed by atoms with Gasteiger partial charge >= 0.3 is 0 Å². The number of carbonyl (C=O) groups is 1. The summed E-state index contributed by atoms with van der Waals surface area (Å²) in [5.41, 5.74) is 6.31. The van der Waals surface area contributed by atoms with Crippen molar-refractivity contribution in [1.29, 1.82) is 0 Å². The maximum absolute atomic E-state index is 13.9. The topological polar surface area (TPSA) is 59.7 Å². The lowest BCUT2D eigenvalue weighted by atomic mass is 10.0. The molecule has 0 fully saturated rings. The molecule has 1 amide bonds. The predicted molar refractivity (Wildman–Crippen MR) is 176 cm³/mol. The van der Waals surface area contributed by atoms with Crippen LogP contribution in [0, 0.1) is 6.92 Å². The van der Waals surface area contributed by atoms with E-state index in [-0.39, 0.29) is 5.91 Å². The molecular weight excluding hydrogens is 576 g/mol. The molecular formula is C35H29ClN4O2S. The van der Waals surface area contributed by atoms with Crippen molar-refractivity contribution in [2.75, 3.05) is 17.4 Å². The van der Waals surface area contributed by atoms with Crippen molar-refractivity contribution in [1.82, 2.24) is 9.78 Å². The lowest BCUT2D eigenvalue weighted by molar-refractivity contribution is -0.114. The summed E-state index contributed by atoms with van der Waals surface area (Å²) in [5, 5.41) is 11.7. The van der Waals surface area contributed by atoms with Crippen LogP contribution in [-0.4, -0.2) is 33.8 Å². The maximum Gasteiger partial charge on any atom is 0.280 e. The first-order valence-electron chi connectivity index (χ1n) is 14.0. The molecule has 6 rings (SSSR count). The van der Waals surface area contributed by atoms with Crippen molar-refractivity contribution in [2.24, 2.45) is 5.10 Å². The molecule has 214 valence electrons. The van der Waals surface area contributed by atoms with E-state index in [1.54, 1.807) is 11.8 Å². The minimum absolute atomic E-state index is 0.186. The van der Waals surface area contributed by atoms with E-state index in [1.807, 2.05) is 103 Å². The second-order valence-corrected chi connectivity index (χ2v) is 11.4. The first kappa shape index (κ1) is 28.5. The monoisotopic (exact) mass is 604 g/mol. The molecule has 0 unspecified atom stereocenters. The number of ether oxygens (including phenoxy) is 1. The van der Waals surface area contributed by atoms with Crippen LogP contribution in [0.25, 0.3) is 23.0 Å².